The van der Waals surface area contributed by atoms with Crippen LogP contribution in [0, 0.1) is 12.8 Å². The van der Waals surface area contributed by atoms with Gasteiger partial charge in [-0.15, -0.1) is 0 Å². The van der Waals surface area contributed by atoms with Crippen molar-refractivity contribution in [2.24, 2.45) is 5.92 Å². The van der Waals surface area contributed by atoms with Gasteiger partial charge in [0.25, 0.3) is 10.0 Å². The van der Waals surface area contributed by atoms with Crippen LogP contribution >= 0.6 is 0 Å². The molecule has 0 radical (unpaired) electrons. The summed E-state index contributed by atoms with van der Waals surface area (Å²) in [5.41, 5.74) is 0.833. The molecular formula is C12H19NO4S. The Morgan fingerprint density at radius 1 is 1.33 bits per heavy atom. The van der Waals surface area contributed by atoms with Crippen molar-refractivity contribution < 1.29 is 18.0 Å². The molecule has 0 saturated heterocycles. The SMILES string of the molecule is COc1ccc(C)cc1S(=O)(=O)NOCC(C)C. The fourth-order valence-corrected chi connectivity index (χ4v) is 2.39. The topological polar surface area (TPSA) is 64.6 Å². The van der Waals surface area contributed by atoms with E-state index in [0.717, 1.165) is 5.56 Å². The molecule has 0 saturated carbocycles. The molecular weight excluding hydrogens is 254 g/mol. The number of hydrogen-bond acceptors (Lipinski definition) is 4. The summed E-state index contributed by atoms with van der Waals surface area (Å²) in [5.74, 6) is 0.536. The minimum absolute atomic E-state index is 0.0776. The molecule has 0 aliphatic carbocycles. The molecule has 18 heavy (non-hydrogen) atoms. The molecule has 1 N–H and O–H groups in total. The maximum Gasteiger partial charge on any atom is 0.266 e. The molecule has 1 aromatic rings. The molecule has 1 rings (SSSR count). The van der Waals surface area contributed by atoms with Crippen LogP contribution < -0.4 is 9.62 Å². The Morgan fingerprint density at radius 3 is 2.56 bits per heavy atom. The van der Waals surface area contributed by atoms with Gasteiger partial charge in [-0.25, -0.2) is 8.42 Å². The number of nitrogens with one attached hydrogen (secondary N) is 1. The molecule has 0 atom stereocenters. The number of rotatable bonds is 6. The Balaban J connectivity index is 2.93. The van der Waals surface area contributed by atoms with E-state index in [1.807, 2.05) is 20.8 Å². The van der Waals surface area contributed by atoms with Gasteiger partial charge in [0.1, 0.15) is 10.6 Å². The summed E-state index contributed by atoms with van der Waals surface area (Å²) in [6, 6.07) is 4.94. The standard InChI is InChI=1S/C12H19NO4S/c1-9(2)8-17-13-18(14,15)12-7-10(3)5-6-11(12)16-4/h5-7,9,13H,8H2,1-4H3. The number of hydrogen-bond donors (Lipinski definition) is 1. The number of aryl methyl sites for hydroxylation is 1. The Hall–Kier alpha value is -1.11. The Bertz CT molecular complexity index is 497. The van der Waals surface area contributed by atoms with Gasteiger partial charge in [0.15, 0.2) is 0 Å². The summed E-state index contributed by atoms with van der Waals surface area (Å²) in [6.45, 7) is 5.99. The Morgan fingerprint density at radius 2 is 2.00 bits per heavy atom. The van der Waals surface area contributed by atoms with Gasteiger partial charge in [-0.3, -0.25) is 4.84 Å². The highest BCUT2D eigenvalue weighted by Gasteiger charge is 2.19. The van der Waals surface area contributed by atoms with Gasteiger partial charge < -0.3 is 4.74 Å². The third kappa shape index (κ3) is 3.97. The minimum atomic E-state index is -3.72. The maximum atomic E-state index is 12.0. The van der Waals surface area contributed by atoms with Crippen LogP contribution in [0.15, 0.2) is 23.1 Å². The second kappa shape index (κ2) is 6.17. The zero-order valence-electron chi connectivity index (χ0n) is 11.1. The van der Waals surface area contributed by atoms with Crippen molar-refractivity contribution >= 4 is 10.0 Å². The van der Waals surface area contributed by atoms with Crippen LogP contribution in [0.4, 0.5) is 0 Å². The lowest BCUT2D eigenvalue weighted by Gasteiger charge is -2.12. The van der Waals surface area contributed by atoms with E-state index in [0.29, 0.717) is 12.4 Å². The molecule has 1 aromatic carbocycles. The molecule has 0 amide bonds. The van der Waals surface area contributed by atoms with Gasteiger partial charge in [0.2, 0.25) is 0 Å². The fourth-order valence-electron chi connectivity index (χ4n) is 1.32. The molecule has 0 fully saturated rings. The Labute approximate surface area is 108 Å². The summed E-state index contributed by atoms with van der Waals surface area (Å²) < 4.78 is 29.1. The monoisotopic (exact) mass is 273 g/mol. The highest BCUT2D eigenvalue weighted by Crippen LogP contribution is 2.24. The largest absolute Gasteiger partial charge is 0.495 e. The number of ether oxygens (including phenoxy) is 1. The summed E-state index contributed by atoms with van der Waals surface area (Å²) >= 11 is 0. The number of sulfonamides is 1. The van der Waals surface area contributed by atoms with Crippen molar-refractivity contribution in [3.05, 3.63) is 23.8 Å². The molecule has 0 unspecified atom stereocenters. The van der Waals surface area contributed by atoms with Crippen molar-refractivity contribution in [3.8, 4) is 5.75 Å². The molecule has 6 heteroatoms. The van der Waals surface area contributed by atoms with E-state index in [1.165, 1.54) is 7.11 Å². The molecule has 0 bridgehead atoms. The zero-order valence-corrected chi connectivity index (χ0v) is 11.9. The van der Waals surface area contributed by atoms with Crippen LogP contribution in [0.1, 0.15) is 19.4 Å². The van der Waals surface area contributed by atoms with Gasteiger partial charge in [-0.2, -0.15) is 0 Å². The van der Waals surface area contributed by atoms with Crippen LogP contribution in [0.3, 0.4) is 0 Å². The average Bonchev–Trinajstić information content (AvgIpc) is 2.28. The van der Waals surface area contributed by atoms with E-state index in [-0.39, 0.29) is 10.8 Å². The van der Waals surface area contributed by atoms with Gasteiger partial charge in [0, 0.05) is 0 Å². The summed E-state index contributed by atoms with van der Waals surface area (Å²) in [7, 11) is -2.29. The van der Waals surface area contributed by atoms with Gasteiger partial charge in [-0.05, 0) is 30.5 Å². The molecule has 102 valence electrons. The van der Waals surface area contributed by atoms with Crippen LogP contribution in [-0.4, -0.2) is 22.1 Å². The second-order valence-corrected chi connectivity index (χ2v) is 6.06. The first kappa shape index (κ1) is 14.9. The van der Waals surface area contributed by atoms with E-state index in [2.05, 4.69) is 4.89 Å². The van der Waals surface area contributed by atoms with Gasteiger partial charge in [0.05, 0.1) is 13.7 Å². The van der Waals surface area contributed by atoms with Crippen LogP contribution in [0.5, 0.6) is 5.75 Å². The summed E-state index contributed by atoms with van der Waals surface area (Å²) in [4.78, 5) is 7.14. The quantitative estimate of drug-likeness (QED) is 0.804. The van der Waals surface area contributed by atoms with E-state index >= 15 is 0 Å². The lowest BCUT2D eigenvalue weighted by molar-refractivity contribution is 0.0717. The summed E-state index contributed by atoms with van der Waals surface area (Å²) in [5, 5.41) is 0. The fraction of sp³-hybridized carbons (Fsp3) is 0.500. The maximum absolute atomic E-state index is 12.0. The van der Waals surface area contributed by atoms with Gasteiger partial charge in [-0.1, -0.05) is 24.8 Å². The molecule has 0 spiro atoms. The molecule has 5 nitrogen and oxygen atoms in total. The van der Waals surface area contributed by atoms with Gasteiger partial charge >= 0.3 is 0 Å². The first-order chi connectivity index (χ1) is 8.36. The minimum Gasteiger partial charge on any atom is -0.495 e. The first-order valence-electron chi connectivity index (χ1n) is 5.65. The lowest BCUT2D eigenvalue weighted by Crippen LogP contribution is -2.26. The highest BCUT2D eigenvalue weighted by atomic mass is 32.2. The second-order valence-electron chi connectivity index (χ2n) is 4.45. The van der Waals surface area contributed by atoms with Crippen molar-refractivity contribution in [1.82, 2.24) is 4.89 Å². The third-order valence-electron chi connectivity index (χ3n) is 2.19. The predicted octanol–water partition coefficient (Wildman–Crippen LogP) is 1.87. The first-order valence-corrected chi connectivity index (χ1v) is 7.13. The predicted molar refractivity (Wildman–Crippen MR) is 68.8 cm³/mol. The smallest absolute Gasteiger partial charge is 0.266 e. The summed E-state index contributed by atoms with van der Waals surface area (Å²) in [6.07, 6.45) is 0. The van der Waals surface area contributed by atoms with Crippen molar-refractivity contribution in [1.29, 1.82) is 0 Å². The molecule has 0 heterocycles. The highest BCUT2D eigenvalue weighted by molar-refractivity contribution is 7.89. The van der Waals surface area contributed by atoms with Crippen molar-refractivity contribution in [3.63, 3.8) is 0 Å². The van der Waals surface area contributed by atoms with Crippen LogP contribution in [-0.2, 0) is 14.9 Å². The zero-order chi connectivity index (χ0) is 13.8. The van der Waals surface area contributed by atoms with Crippen molar-refractivity contribution in [2.45, 2.75) is 25.7 Å². The van der Waals surface area contributed by atoms with Crippen LogP contribution in [0.25, 0.3) is 0 Å². The number of benzene rings is 1. The average molecular weight is 273 g/mol. The molecule has 0 aromatic heterocycles. The van der Waals surface area contributed by atoms with E-state index < -0.39 is 10.0 Å². The van der Waals surface area contributed by atoms with E-state index in [4.69, 9.17) is 9.57 Å². The lowest BCUT2D eigenvalue weighted by atomic mass is 10.2. The van der Waals surface area contributed by atoms with E-state index in [1.54, 1.807) is 18.2 Å². The number of methoxy groups -OCH3 is 1. The Kier molecular flexibility index (Phi) is 5.13. The molecule has 0 aliphatic rings. The third-order valence-corrected chi connectivity index (χ3v) is 3.43. The molecule has 0 aliphatic heterocycles. The normalized spacial score (nSPS) is 11.8. The van der Waals surface area contributed by atoms with Crippen LogP contribution in [0.2, 0.25) is 0 Å². The van der Waals surface area contributed by atoms with E-state index in [9.17, 15) is 8.42 Å². The van der Waals surface area contributed by atoms with Crippen molar-refractivity contribution in [2.75, 3.05) is 13.7 Å².